The largest absolute Gasteiger partial charge is 0.357 e. The Bertz CT molecular complexity index is 566. The van der Waals surface area contributed by atoms with E-state index in [-0.39, 0.29) is 5.78 Å². The molecule has 17 heavy (non-hydrogen) atoms. The molecule has 1 aliphatic rings. The zero-order valence-corrected chi connectivity index (χ0v) is 9.71. The Morgan fingerprint density at radius 1 is 1.12 bits per heavy atom. The Labute approximate surface area is 99.9 Å². The molecular weight excluding hydrogens is 212 g/mol. The van der Waals surface area contributed by atoms with Crippen LogP contribution in [0.2, 0.25) is 0 Å². The van der Waals surface area contributed by atoms with Crippen LogP contribution in [0.3, 0.4) is 0 Å². The van der Waals surface area contributed by atoms with Gasteiger partial charge in [-0.3, -0.25) is 4.79 Å². The SMILES string of the molecule is Cc1ccc(-c2cc3c([nH]2)CNCC3=O)cc1. The van der Waals surface area contributed by atoms with Gasteiger partial charge < -0.3 is 10.3 Å². The lowest BCUT2D eigenvalue weighted by Gasteiger charge is -2.10. The first-order chi connectivity index (χ1) is 8.24. The quantitative estimate of drug-likeness (QED) is 0.783. The van der Waals surface area contributed by atoms with Crippen LogP contribution in [0.4, 0.5) is 0 Å². The average Bonchev–Trinajstić information content (AvgIpc) is 2.75. The molecule has 2 N–H and O–H groups in total. The van der Waals surface area contributed by atoms with Gasteiger partial charge in [0.1, 0.15) is 0 Å². The molecule has 1 aromatic heterocycles. The second-order valence-corrected chi connectivity index (χ2v) is 4.47. The van der Waals surface area contributed by atoms with Crippen molar-refractivity contribution in [1.29, 1.82) is 0 Å². The van der Waals surface area contributed by atoms with Gasteiger partial charge in [-0.15, -0.1) is 0 Å². The molecule has 0 radical (unpaired) electrons. The molecule has 0 saturated heterocycles. The third kappa shape index (κ3) is 1.78. The highest BCUT2D eigenvalue weighted by atomic mass is 16.1. The summed E-state index contributed by atoms with van der Waals surface area (Å²) in [7, 11) is 0. The predicted octanol–water partition coefficient (Wildman–Crippen LogP) is 2.28. The summed E-state index contributed by atoms with van der Waals surface area (Å²) in [5.74, 6) is 0.167. The van der Waals surface area contributed by atoms with Crippen LogP contribution < -0.4 is 5.32 Å². The maximum atomic E-state index is 11.7. The molecule has 0 atom stereocenters. The number of carbonyl (C=O) groups is 1. The molecule has 1 aromatic carbocycles. The van der Waals surface area contributed by atoms with E-state index in [0.29, 0.717) is 6.54 Å². The van der Waals surface area contributed by atoms with Gasteiger partial charge in [0, 0.05) is 23.5 Å². The van der Waals surface area contributed by atoms with Crippen LogP contribution in [0, 0.1) is 6.92 Å². The van der Waals surface area contributed by atoms with Gasteiger partial charge >= 0.3 is 0 Å². The van der Waals surface area contributed by atoms with Crippen LogP contribution in [0.5, 0.6) is 0 Å². The average molecular weight is 226 g/mol. The summed E-state index contributed by atoms with van der Waals surface area (Å²) in [5, 5.41) is 3.08. The number of ketones is 1. The fourth-order valence-electron chi connectivity index (χ4n) is 2.17. The van der Waals surface area contributed by atoms with E-state index in [1.165, 1.54) is 5.56 Å². The lowest BCUT2D eigenvalue weighted by Crippen LogP contribution is -2.29. The van der Waals surface area contributed by atoms with Crippen molar-refractivity contribution < 1.29 is 4.79 Å². The topological polar surface area (TPSA) is 44.9 Å². The Morgan fingerprint density at radius 2 is 1.88 bits per heavy atom. The highest BCUT2D eigenvalue weighted by Gasteiger charge is 2.19. The van der Waals surface area contributed by atoms with E-state index in [9.17, 15) is 4.79 Å². The number of aromatic nitrogens is 1. The second-order valence-electron chi connectivity index (χ2n) is 4.47. The summed E-state index contributed by atoms with van der Waals surface area (Å²) in [5.41, 5.74) is 5.21. The fourth-order valence-corrected chi connectivity index (χ4v) is 2.17. The minimum Gasteiger partial charge on any atom is -0.357 e. The summed E-state index contributed by atoms with van der Waals surface area (Å²) in [6, 6.07) is 10.3. The van der Waals surface area contributed by atoms with Crippen LogP contribution in [-0.4, -0.2) is 17.3 Å². The van der Waals surface area contributed by atoms with Crippen LogP contribution in [0.15, 0.2) is 30.3 Å². The van der Waals surface area contributed by atoms with Crippen molar-refractivity contribution in [3.8, 4) is 11.3 Å². The van der Waals surface area contributed by atoms with Crippen molar-refractivity contribution in [2.45, 2.75) is 13.5 Å². The molecule has 2 aromatic rings. The van der Waals surface area contributed by atoms with Gasteiger partial charge in [0.2, 0.25) is 0 Å². The zero-order valence-electron chi connectivity index (χ0n) is 9.71. The van der Waals surface area contributed by atoms with Crippen molar-refractivity contribution in [2.75, 3.05) is 6.54 Å². The zero-order chi connectivity index (χ0) is 11.8. The van der Waals surface area contributed by atoms with Crippen LogP contribution >= 0.6 is 0 Å². The standard InChI is InChI=1S/C14H14N2O/c1-9-2-4-10(5-3-9)12-6-11-13(16-12)7-15-8-14(11)17/h2-6,15-16H,7-8H2,1H3. The molecule has 3 heteroatoms. The number of nitrogens with one attached hydrogen (secondary N) is 2. The summed E-state index contributed by atoms with van der Waals surface area (Å²) in [6.07, 6.45) is 0. The number of hydrogen-bond donors (Lipinski definition) is 2. The third-order valence-corrected chi connectivity index (χ3v) is 3.15. The molecule has 0 aliphatic carbocycles. The monoisotopic (exact) mass is 226 g/mol. The number of aromatic amines is 1. The summed E-state index contributed by atoms with van der Waals surface area (Å²) < 4.78 is 0. The fraction of sp³-hybridized carbons (Fsp3) is 0.214. The van der Waals surface area contributed by atoms with E-state index in [1.807, 2.05) is 6.07 Å². The Morgan fingerprint density at radius 3 is 2.59 bits per heavy atom. The van der Waals surface area contributed by atoms with Gasteiger partial charge in [-0.05, 0) is 18.6 Å². The first-order valence-electron chi connectivity index (χ1n) is 5.77. The van der Waals surface area contributed by atoms with E-state index in [0.717, 1.165) is 29.1 Å². The maximum absolute atomic E-state index is 11.7. The van der Waals surface area contributed by atoms with E-state index in [2.05, 4.69) is 41.5 Å². The molecule has 1 aliphatic heterocycles. The van der Waals surface area contributed by atoms with Crippen molar-refractivity contribution in [2.24, 2.45) is 0 Å². The van der Waals surface area contributed by atoms with Crippen molar-refractivity contribution in [3.63, 3.8) is 0 Å². The lowest BCUT2D eigenvalue weighted by atomic mass is 10.1. The molecule has 86 valence electrons. The predicted molar refractivity (Wildman–Crippen MR) is 67.0 cm³/mol. The first kappa shape index (κ1) is 10.3. The van der Waals surface area contributed by atoms with E-state index in [1.54, 1.807) is 0 Å². The van der Waals surface area contributed by atoms with Gasteiger partial charge in [0.05, 0.1) is 6.54 Å². The number of aryl methyl sites for hydroxylation is 1. The second kappa shape index (κ2) is 3.86. The minimum atomic E-state index is 0.167. The van der Waals surface area contributed by atoms with Crippen LogP contribution in [0.25, 0.3) is 11.3 Å². The molecule has 0 fully saturated rings. The number of fused-ring (bicyclic) bond motifs is 1. The van der Waals surface area contributed by atoms with E-state index < -0.39 is 0 Å². The Balaban J connectivity index is 2.05. The highest BCUT2D eigenvalue weighted by Crippen LogP contribution is 2.24. The molecule has 3 nitrogen and oxygen atoms in total. The smallest absolute Gasteiger partial charge is 0.178 e. The molecule has 0 bridgehead atoms. The van der Waals surface area contributed by atoms with Gasteiger partial charge in [0.15, 0.2) is 5.78 Å². The Kier molecular flexibility index (Phi) is 2.34. The summed E-state index contributed by atoms with van der Waals surface area (Å²) in [6.45, 7) is 3.25. The molecule has 3 rings (SSSR count). The number of H-pyrrole nitrogens is 1. The van der Waals surface area contributed by atoms with E-state index in [4.69, 9.17) is 0 Å². The summed E-state index contributed by atoms with van der Waals surface area (Å²) in [4.78, 5) is 15.0. The summed E-state index contributed by atoms with van der Waals surface area (Å²) >= 11 is 0. The van der Waals surface area contributed by atoms with Gasteiger partial charge in [0.25, 0.3) is 0 Å². The number of benzene rings is 1. The van der Waals surface area contributed by atoms with Crippen molar-refractivity contribution in [1.82, 2.24) is 10.3 Å². The van der Waals surface area contributed by atoms with Gasteiger partial charge in [-0.1, -0.05) is 29.8 Å². The van der Waals surface area contributed by atoms with Gasteiger partial charge in [-0.25, -0.2) is 0 Å². The number of Topliss-reactive ketones (excluding diaryl/α,β-unsaturated/α-hetero) is 1. The molecule has 0 unspecified atom stereocenters. The Hall–Kier alpha value is -1.87. The molecular formula is C14H14N2O. The third-order valence-electron chi connectivity index (χ3n) is 3.15. The molecule has 0 spiro atoms. The minimum absolute atomic E-state index is 0.167. The van der Waals surface area contributed by atoms with E-state index >= 15 is 0 Å². The number of carbonyl (C=O) groups excluding carboxylic acids is 1. The molecule has 0 saturated carbocycles. The maximum Gasteiger partial charge on any atom is 0.178 e. The molecule has 2 heterocycles. The van der Waals surface area contributed by atoms with Crippen LogP contribution in [0.1, 0.15) is 21.6 Å². The van der Waals surface area contributed by atoms with Gasteiger partial charge in [-0.2, -0.15) is 0 Å². The normalized spacial score (nSPS) is 14.8. The van der Waals surface area contributed by atoms with Crippen molar-refractivity contribution >= 4 is 5.78 Å². The lowest BCUT2D eigenvalue weighted by molar-refractivity contribution is 0.0982. The van der Waals surface area contributed by atoms with Crippen LogP contribution in [-0.2, 0) is 6.54 Å². The number of hydrogen-bond acceptors (Lipinski definition) is 2. The number of rotatable bonds is 1. The highest BCUT2D eigenvalue weighted by molar-refractivity contribution is 6.00. The van der Waals surface area contributed by atoms with Crippen molar-refractivity contribution in [3.05, 3.63) is 47.2 Å². The first-order valence-corrected chi connectivity index (χ1v) is 5.77. The molecule has 0 amide bonds.